The van der Waals surface area contributed by atoms with Gasteiger partial charge in [0.1, 0.15) is 18.1 Å². The van der Waals surface area contributed by atoms with Gasteiger partial charge in [-0.2, -0.15) is 0 Å². The quantitative estimate of drug-likeness (QED) is 0.466. The second-order valence-corrected chi connectivity index (χ2v) is 6.23. The van der Waals surface area contributed by atoms with Crippen molar-refractivity contribution in [2.75, 3.05) is 26.4 Å². The molecule has 2 rings (SSSR count). The largest absolute Gasteiger partial charge is 0.491 e. The van der Waals surface area contributed by atoms with E-state index in [1.807, 2.05) is 6.92 Å². The van der Waals surface area contributed by atoms with E-state index >= 15 is 0 Å². The first-order chi connectivity index (χ1) is 13.1. The smallest absolute Gasteiger partial charge is 0.276 e. The van der Waals surface area contributed by atoms with Gasteiger partial charge < -0.3 is 14.2 Å². The molecule has 0 bridgehead atoms. The van der Waals surface area contributed by atoms with E-state index in [2.05, 4.69) is 26.8 Å². The highest BCUT2D eigenvalue weighted by atomic mass is 79.9. The number of amides is 2. The summed E-state index contributed by atoms with van der Waals surface area (Å²) < 4.78 is 16.9. The number of nitrogens with one attached hydrogen (secondary N) is 2. The highest BCUT2D eigenvalue weighted by Gasteiger charge is 2.09. The van der Waals surface area contributed by atoms with Crippen molar-refractivity contribution in [3.8, 4) is 11.5 Å². The average Bonchev–Trinajstić information content (AvgIpc) is 2.69. The summed E-state index contributed by atoms with van der Waals surface area (Å²) in [5.74, 6) is 0.168. The summed E-state index contributed by atoms with van der Waals surface area (Å²) in [7, 11) is 0. The Morgan fingerprint density at radius 1 is 0.963 bits per heavy atom. The maximum Gasteiger partial charge on any atom is 0.276 e. The van der Waals surface area contributed by atoms with Gasteiger partial charge in [-0.25, -0.2) is 0 Å². The number of carbonyl (C=O) groups excluding carboxylic acids is 2. The molecule has 8 heteroatoms. The Hall–Kier alpha value is -2.58. The molecule has 0 fully saturated rings. The third-order valence-corrected chi connectivity index (χ3v) is 3.82. The normalized spacial score (nSPS) is 10.1. The molecule has 27 heavy (non-hydrogen) atoms. The molecule has 144 valence electrons. The van der Waals surface area contributed by atoms with Crippen LogP contribution in [0, 0.1) is 0 Å². The summed E-state index contributed by atoms with van der Waals surface area (Å²) >= 11 is 3.32. The van der Waals surface area contributed by atoms with Crippen molar-refractivity contribution in [1.29, 1.82) is 0 Å². The van der Waals surface area contributed by atoms with Crippen molar-refractivity contribution in [3.63, 3.8) is 0 Å². The molecule has 2 aromatic carbocycles. The number of hydrogen-bond donors (Lipinski definition) is 2. The second kappa shape index (κ2) is 11.2. The molecule has 0 unspecified atom stereocenters. The van der Waals surface area contributed by atoms with E-state index in [9.17, 15) is 9.59 Å². The molecular weight excluding hydrogens is 416 g/mol. The standard InChI is InChI=1S/C19H21BrN2O5/c1-2-25-10-11-26-17-5-3-4-14(12-17)19(24)22-21-18(23)13-27-16-8-6-15(20)7-9-16/h3-9,12H,2,10-11,13H2,1H3,(H,21,23)(H,22,24). The topological polar surface area (TPSA) is 85.9 Å². The molecule has 0 aromatic heterocycles. The zero-order valence-electron chi connectivity index (χ0n) is 14.9. The number of halogens is 1. The summed E-state index contributed by atoms with van der Waals surface area (Å²) in [5, 5.41) is 0. The molecule has 0 heterocycles. The van der Waals surface area contributed by atoms with Crippen LogP contribution in [0.15, 0.2) is 53.0 Å². The van der Waals surface area contributed by atoms with Crippen molar-refractivity contribution in [3.05, 3.63) is 58.6 Å². The first-order valence-electron chi connectivity index (χ1n) is 8.36. The van der Waals surface area contributed by atoms with Crippen LogP contribution in [0.3, 0.4) is 0 Å². The lowest BCUT2D eigenvalue weighted by molar-refractivity contribution is -0.123. The van der Waals surface area contributed by atoms with Gasteiger partial charge >= 0.3 is 0 Å². The number of rotatable bonds is 9. The third kappa shape index (κ3) is 7.67. The fourth-order valence-corrected chi connectivity index (χ4v) is 2.27. The van der Waals surface area contributed by atoms with Crippen LogP contribution in [0.25, 0.3) is 0 Å². The van der Waals surface area contributed by atoms with Gasteiger partial charge in [0, 0.05) is 16.6 Å². The predicted molar refractivity (Wildman–Crippen MR) is 104 cm³/mol. The molecule has 7 nitrogen and oxygen atoms in total. The summed E-state index contributed by atoms with van der Waals surface area (Å²) in [6.45, 7) is 3.17. The molecule has 2 amide bonds. The van der Waals surface area contributed by atoms with Crippen molar-refractivity contribution in [2.24, 2.45) is 0 Å². The van der Waals surface area contributed by atoms with Gasteiger partial charge in [0.15, 0.2) is 6.61 Å². The van der Waals surface area contributed by atoms with E-state index in [4.69, 9.17) is 14.2 Å². The number of benzene rings is 2. The summed E-state index contributed by atoms with van der Waals surface area (Å²) in [4.78, 5) is 23.9. The van der Waals surface area contributed by atoms with Crippen LogP contribution in [0.4, 0.5) is 0 Å². The molecule has 0 atom stereocenters. The number of hydrogen-bond acceptors (Lipinski definition) is 5. The SMILES string of the molecule is CCOCCOc1cccc(C(=O)NNC(=O)COc2ccc(Br)cc2)c1. The minimum Gasteiger partial charge on any atom is -0.491 e. The fourth-order valence-electron chi connectivity index (χ4n) is 2.00. The van der Waals surface area contributed by atoms with Gasteiger partial charge in [-0.1, -0.05) is 22.0 Å². The van der Waals surface area contributed by atoms with Crippen LogP contribution in [-0.4, -0.2) is 38.2 Å². The zero-order chi connectivity index (χ0) is 19.5. The van der Waals surface area contributed by atoms with E-state index in [1.54, 1.807) is 48.5 Å². The van der Waals surface area contributed by atoms with Crippen LogP contribution < -0.4 is 20.3 Å². The van der Waals surface area contributed by atoms with Gasteiger partial charge in [0.25, 0.3) is 11.8 Å². The highest BCUT2D eigenvalue weighted by Crippen LogP contribution is 2.16. The molecule has 0 saturated heterocycles. The molecular formula is C19H21BrN2O5. The van der Waals surface area contributed by atoms with Crippen LogP contribution in [0.1, 0.15) is 17.3 Å². The number of hydrazine groups is 1. The Kier molecular flexibility index (Phi) is 8.60. The van der Waals surface area contributed by atoms with Gasteiger partial charge in [-0.15, -0.1) is 0 Å². The molecule has 0 aliphatic rings. The lowest BCUT2D eigenvalue weighted by atomic mass is 10.2. The maximum absolute atomic E-state index is 12.1. The van der Waals surface area contributed by atoms with E-state index < -0.39 is 11.8 Å². The third-order valence-electron chi connectivity index (χ3n) is 3.30. The lowest BCUT2D eigenvalue weighted by Gasteiger charge is -2.10. The van der Waals surface area contributed by atoms with Crippen molar-refractivity contribution < 1.29 is 23.8 Å². The van der Waals surface area contributed by atoms with Gasteiger partial charge in [0.2, 0.25) is 0 Å². The molecule has 0 radical (unpaired) electrons. The average molecular weight is 437 g/mol. The minimum absolute atomic E-state index is 0.220. The first kappa shape index (κ1) is 20.7. The van der Waals surface area contributed by atoms with E-state index in [0.717, 1.165) is 4.47 Å². The predicted octanol–water partition coefficient (Wildman–Crippen LogP) is 2.70. The summed E-state index contributed by atoms with van der Waals surface area (Å²) in [6, 6.07) is 13.7. The Labute approximate surface area is 166 Å². The highest BCUT2D eigenvalue weighted by molar-refractivity contribution is 9.10. The Balaban J connectivity index is 1.75. The second-order valence-electron chi connectivity index (χ2n) is 5.32. The minimum atomic E-state index is -0.476. The monoisotopic (exact) mass is 436 g/mol. The molecule has 2 N–H and O–H groups in total. The molecule has 0 saturated carbocycles. The summed E-state index contributed by atoms with van der Waals surface area (Å²) in [6.07, 6.45) is 0. The Morgan fingerprint density at radius 2 is 1.74 bits per heavy atom. The van der Waals surface area contributed by atoms with Crippen molar-refractivity contribution in [2.45, 2.75) is 6.92 Å². The lowest BCUT2D eigenvalue weighted by Crippen LogP contribution is -2.43. The van der Waals surface area contributed by atoms with E-state index in [0.29, 0.717) is 36.9 Å². The molecule has 0 aliphatic carbocycles. The van der Waals surface area contributed by atoms with Crippen LogP contribution >= 0.6 is 15.9 Å². The van der Waals surface area contributed by atoms with E-state index in [1.165, 1.54) is 0 Å². The van der Waals surface area contributed by atoms with Crippen molar-refractivity contribution in [1.82, 2.24) is 10.9 Å². The van der Waals surface area contributed by atoms with Crippen LogP contribution in [0.5, 0.6) is 11.5 Å². The Morgan fingerprint density at radius 3 is 2.48 bits per heavy atom. The van der Waals surface area contributed by atoms with Gasteiger partial charge in [-0.3, -0.25) is 20.4 Å². The molecule has 0 spiro atoms. The van der Waals surface area contributed by atoms with Gasteiger partial charge in [0.05, 0.1) is 6.61 Å². The van der Waals surface area contributed by atoms with Crippen LogP contribution in [-0.2, 0) is 9.53 Å². The van der Waals surface area contributed by atoms with Crippen LogP contribution in [0.2, 0.25) is 0 Å². The summed E-state index contributed by atoms with van der Waals surface area (Å²) in [5.41, 5.74) is 5.01. The zero-order valence-corrected chi connectivity index (χ0v) is 16.5. The number of ether oxygens (including phenoxy) is 3. The molecule has 0 aliphatic heterocycles. The number of carbonyl (C=O) groups is 2. The Bertz CT molecular complexity index is 752. The fraction of sp³-hybridized carbons (Fsp3) is 0.263. The molecule has 2 aromatic rings. The van der Waals surface area contributed by atoms with E-state index in [-0.39, 0.29) is 6.61 Å². The van der Waals surface area contributed by atoms with Gasteiger partial charge in [-0.05, 0) is 49.4 Å². The first-order valence-corrected chi connectivity index (χ1v) is 9.16. The maximum atomic E-state index is 12.1. The van der Waals surface area contributed by atoms with Crippen molar-refractivity contribution >= 4 is 27.7 Å².